The second-order valence-electron chi connectivity index (χ2n) is 6.99. The van der Waals surface area contributed by atoms with E-state index in [1.54, 1.807) is 0 Å². The number of nitrogens with two attached hydrogens (primary N) is 2. The molecule has 0 radical (unpaired) electrons. The highest BCUT2D eigenvalue weighted by Gasteiger charge is 2.51. The highest BCUT2D eigenvalue weighted by Crippen LogP contribution is 2.40. The summed E-state index contributed by atoms with van der Waals surface area (Å²) in [4.78, 5) is 32.5. The van der Waals surface area contributed by atoms with Crippen molar-refractivity contribution in [2.75, 3.05) is 11.1 Å². The molecule has 14 heteroatoms. The fraction of sp³-hybridized carbons (Fsp3) is 0.294. The average molecular weight is 436 g/mol. The van der Waals surface area contributed by atoms with Crippen molar-refractivity contribution in [3.8, 4) is 22.9 Å². The summed E-state index contributed by atoms with van der Waals surface area (Å²) in [5, 5.41) is 10.3. The predicted molar refractivity (Wildman–Crippen MR) is 99.0 cm³/mol. The molecule has 4 rings (SSSR count). The maximum absolute atomic E-state index is 12.7. The number of nitrogens with one attached hydrogen (secondary N) is 1. The van der Waals surface area contributed by atoms with Crippen LogP contribution in [0, 0.1) is 0 Å². The molecule has 1 atom stereocenters. The first-order valence-corrected chi connectivity index (χ1v) is 8.86. The van der Waals surface area contributed by atoms with Gasteiger partial charge in [0.25, 0.3) is 0 Å². The molecule has 4 heterocycles. The fourth-order valence-electron chi connectivity index (χ4n) is 3.24. The molecule has 31 heavy (non-hydrogen) atoms. The summed E-state index contributed by atoms with van der Waals surface area (Å²) >= 11 is 0. The topological polar surface area (TPSA) is 168 Å². The van der Waals surface area contributed by atoms with Crippen molar-refractivity contribution in [3.63, 3.8) is 0 Å². The van der Waals surface area contributed by atoms with Crippen LogP contribution in [-0.4, -0.2) is 42.9 Å². The SMILES string of the molecule is C[C@@]1(C(N)=O)C(=O)Nc2nc(-c3cc(-c4ccon4)n(CCC(F)(F)F)n3)nc(N)c21. The van der Waals surface area contributed by atoms with Gasteiger partial charge in [-0.15, -0.1) is 0 Å². The van der Waals surface area contributed by atoms with Gasteiger partial charge in [0.1, 0.15) is 29.3 Å². The lowest BCUT2D eigenvalue weighted by Gasteiger charge is -2.18. The highest BCUT2D eigenvalue weighted by molar-refractivity contribution is 6.20. The number of amides is 2. The van der Waals surface area contributed by atoms with Crippen LogP contribution < -0.4 is 16.8 Å². The lowest BCUT2D eigenvalue weighted by Crippen LogP contribution is -2.44. The summed E-state index contributed by atoms with van der Waals surface area (Å²) in [6.07, 6.45) is -4.26. The minimum atomic E-state index is -4.40. The molecule has 0 aliphatic carbocycles. The van der Waals surface area contributed by atoms with E-state index >= 15 is 0 Å². The van der Waals surface area contributed by atoms with Crippen molar-refractivity contribution in [2.45, 2.75) is 31.5 Å². The zero-order chi connectivity index (χ0) is 22.6. The average Bonchev–Trinajstić information content (AvgIpc) is 3.38. The van der Waals surface area contributed by atoms with Crippen molar-refractivity contribution in [1.82, 2.24) is 24.9 Å². The van der Waals surface area contributed by atoms with Crippen LogP contribution in [0.5, 0.6) is 0 Å². The molecule has 162 valence electrons. The Morgan fingerprint density at radius 3 is 2.68 bits per heavy atom. The lowest BCUT2D eigenvalue weighted by atomic mass is 9.84. The molecule has 0 saturated heterocycles. The number of hydrogen-bond donors (Lipinski definition) is 3. The van der Waals surface area contributed by atoms with Crippen LogP contribution in [0.3, 0.4) is 0 Å². The molecular weight excluding hydrogens is 421 g/mol. The van der Waals surface area contributed by atoms with Crippen LogP contribution in [0.15, 0.2) is 22.9 Å². The van der Waals surface area contributed by atoms with E-state index in [0.717, 1.165) is 4.68 Å². The minimum absolute atomic E-state index is 0.0263. The molecule has 11 nitrogen and oxygen atoms in total. The van der Waals surface area contributed by atoms with Gasteiger partial charge in [-0.25, -0.2) is 9.97 Å². The van der Waals surface area contributed by atoms with Gasteiger partial charge >= 0.3 is 6.18 Å². The molecule has 0 bridgehead atoms. The van der Waals surface area contributed by atoms with E-state index in [2.05, 4.69) is 25.5 Å². The molecule has 2 amide bonds. The first-order chi connectivity index (χ1) is 14.5. The number of halogens is 3. The summed E-state index contributed by atoms with van der Waals surface area (Å²) < 4.78 is 44.0. The van der Waals surface area contributed by atoms with Crippen molar-refractivity contribution in [3.05, 3.63) is 24.0 Å². The zero-order valence-corrected chi connectivity index (χ0v) is 15.9. The fourth-order valence-corrected chi connectivity index (χ4v) is 3.24. The number of nitrogen functional groups attached to an aromatic ring is 1. The quantitative estimate of drug-likeness (QED) is 0.502. The standard InChI is InChI=1S/C17H15F3N8O3/c1-16(14(22)29)10-11(21)23-12(24-13(10)25-15(16)30)8-6-9(7-2-5-31-27-7)28(26-8)4-3-17(18,19)20/h2,5-6H,3-4H2,1H3,(H2,22,29)(H3,21,23,24,25,30)/t16-/m1/s1. The Bertz CT molecular complexity index is 1190. The van der Waals surface area contributed by atoms with Crippen LogP contribution >= 0.6 is 0 Å². The number of carbonyl (C=O) groups is 2. The van der Waals surface area contributed by atoms with Gasteiger partial charge in [-0.2, -0.15) is 18.3 Å². The molecule has 0 aromatic carbocycles. The maximum atomic E-state index is 12.7. The third-order valence-electron chi connectivity index (χ3n) is 4.93. The van der Waals surface area contributed by atoms with E-state index < -0.39 is 36.4 Å². The Morgan fingerprint density at radius 2 is 2.06 bits per heavy atom. The van der Waals surface area contributed by atoms with Crippen LogP contribution in [0.25, 0.3) is 22.9 Å². The number of fused-ring (bicyclic) bond motifs is 1. The largest absolute Gasteiger partial charge is 0.390 e. The van der Waals surface area contributed by atoms with E-state index in [4.69, 9.17) is 16.0 Å². The van der Waals surface area contributed by atoms with Gasteiger partial charge in [0.05, 0.1) is 24.2 Å². The second-order valence-corrected chi connectivity index (χ2v) is 6.99. The monoisotopic (exact) mass is 436 g/mol. The third-order valence-corrected chi connectivity index (χ3v) is 4.93. The van der Waals surface area contributed by atoms with Gasteiger partial charge in [0.15, 0.2) is 11.2 Å². The van der Waals surface area contributed by atoms with E-state index in [9.17, 15) is 22.8 Å². The molecule has 0 saturated carbocycles. The van der Waals surface area contributed by atoms with E-state index in [0.29, 0.717) is 0 Å². The summed E-state index contributed by atoms with van der Waals surface area (Å²) in [5.41, 5.74) is 10.2. The molecule has 0 spiro atoms. The van der Waals surface area contributed by atoms with Crippen LogP contribution in [0.4, 0.5) is 24.8 Å². The number of primary amides is 1. The molecule has 1 aliphatic rings. The van der Waals surface area contributed by atoms with Crippen LogP contribution in [0.1, 0.15) is 18.9 Å². The van der Waals surface area contributed by atoms with Crippen molar-refractivity contribution in [2.24, 2.45) is 5.73 Å². The normalized spacial score (nSPS) is 18.1. The van der Waals surface area contributed by atoms with Crippen molar-refractivity contribution >= 4 is 23.5 Å². The highest BCUT2D eigenvalue weighted by atomic mass is 19.4. The van der Waals surface area contributed by atoms with Gasteiger partial charge in [-0.3, -0.25) is 14.3 Å². The Morgan fingerprint density at radius 1 is 1.32 bits per heavy atom. The third kappa shape index (κ3) is 3.35. The Hall–Kier alpha value is -3.97. The molecule has 3 aromatic rings. The molecule has 1 aliphatic heterocycles. The number of aryl methyl sites for hydroxylation is 1. The Labute approximate surface area is 171 Å². The Kier molecular flexibility index (Phi) is 4.44. The van der Waals surface area contributed by atoms with Gasteiger partial charge in [0.2, 0.25) is 11.8 Å². The summed E-state index contributed by atoms with van der Waals surface area (Å²) in [6, 6.07) is 2.88. The molecular formula is C17H15F3N8O3. The lowest BCUT2D eigenvalue weighted by molar-refractivity contribution is -0.137. The summed E-state index contributed by atoms with van der Waals surface area (Å²) in [5.74, 6) is -1.93. The molecule has 0 fully saturated rings. The smallest absolute Gasteiger partial charge is 0.383 e. The number of nitrogens with zero attached hydrogens (tertiary/aromatic N) is 5. The van der Waals surface area contributed by atoms with Crippen LogP contribution in [-0.2, 0) is 21.5 Å². The summed E-state index contributed by atoms with van der Waals surface area (Å²) in [6.45, 7) is 0.813. The number of hydrogen-bond acceptors (Lipinski definition) is 8. The second kappa shape index (κ2) is 6.78. The molecule has 3 aromatic heterocycles. The van der Waals surface area contributed by atoms with E-state index in [-0.39, 0.29) is 40.1 Å². The zero-order valence-electron chi connectivity index (χ0n) is 15.9. The number of aromatic nitrogens is 5. The number of anilines is 2. The Balaban J connectivity index is 1.79. The maximum Gasteiger partial charge on any atom is 0.390 e. The minimum Gasteiger partial charge on any atom is -0.383 e. The first-order valence-electron chi connectivity index (χ1n) is 8.86. The summed E-state index contributed by atoms with van der Waals surface area (Å²) in [7, 11) is 0. The number of alkyl halides is 3. The van der Waals surface area contributed by atoms with E-state index in [1.165, 1.54) is 25.3 Å². The van der Waals surface area contributed by atoms with Crippen LogP contribution in [0.2, 0.25) is 0 Å². The number of rotatable bonds is 5. The van der Waals surface area contributed by atoms with Gasteiger partial charge < -0.3 is 21.3 Å². The predicted octanol–water partition coefficient (Wildman–Crippen LogP) is 1.22. The first kappa shape index (κ1) is 20.3. The van der Waals surface area contributed by atoms with Gasteiger partial charge in [-0.05, 0) is 13.0 Å². The van der Waals surface area contributed by atoms with Gasteiger partial charge in [0, 0.05) is 6.07 Å². The van der Waals surface area contributed by atoms with E-state index in [1.807, 2.05) is 0 Å². The van der Waals surface area contributed by atoms with Crippen molar-refractivity contribution < 1.29 is 27.3 Å². The van der Waals surface area contributed by atoms with Crippen molar-refractivity contribution in [1.29, 1.82) is 0 Å². The number of carbonyl (C=O) groups excluding carboxylic acids is 2. The molecule has 5 N–H and O–H groups in total. The van der Waals surface area contributed by atoms with Gasteiger partial charge in [-0.1, -0.05) is 5.16 Å². The molecule has 0 unspecified atom stereocenters.